The molecule has 1 amide bonds. The van der Waals surface area contributed by atoms with E-state index >= 15 is 0 Å². The van der Waals surface area contributed by atoms with Crippen molar-refractivity contribution in [2.24, 2.45) is 0 Å². The molecule has 1 N–H and O–H groups in total. The maximum Gasteiger partial charge on any atom is 0.253 e. The van der Waals surface area contributed by atoms with Crippen molar-refractivity contribution < 1.29 is 13.2 Å². The largest absolute Gasteiger partial charge is 0.337 e. The third-order valence-corrected chi connectivity index (χ3v) is 5.19. The molecule has 0 bridgehead atoms. The van der Waals surface area contributed by atoms with E-state index in [1.165, 1.54) is 0 Å². The third-order valence-electron chi connectivity index (χ3n) is 3.55. The van der Waals surface area contributed by atoms with Crippen molar-refractivity contribution in [3.8, 4) is 0 Å². The maximum atomic E-state index is 12.4. The van der Waals surface area contributed by atoms with E-state index < -0.39 is 10.0 Å². The molecule has 0 spiro atoms. The Labute approximate surface area is 126 Å². The van der Waals surface area contributed by atoms with Gasteiger partial charge in [0.2, 0.25) is 10.0 Å². The predicted molar refractivity (Wildman–Crippen MR) is 82.6 cm³/mol. The number of piperidine rings is 1. The highest BCUT2D eigenvalue weighted by molar-refractivity contribution is 7.89. The van der Waals surface area contributed by atoms with E-state index in [-0.39, 0.29) is 17.7 Å². The molecule has 1 saturated heterocycles. The van der Waals surface area contributed by atoms with Gasteiger partial charge in [-0.05, 0) is 31.4 Å². The second-order valence-corrected chi connectivity index (χ2v) is 7.27. The molecular formula is C15H22N2O3S. The highest BCUT2D eigenvalue weighted by atomic mass is 32.2. The van der Waals surface area contributed by atoms with Gasteiger partial charge in [-0.3, -0.25) is 4.79 Å². The summed E-state index contributed by atoms with van der Waals surface area (Å²) < 4.78 is 26.4. The Morgan fingerprint density at radius 2 is 2.05 bits per heavy atom. The summed E-state index contributed by atoms with van der Waals surface area (Å²) in [5.74, 6) is 0.103. The number of nitrogens with one attached hydrogen (secondary N) is 1. The topological polar surface area (TPSA) is 66.5 Å². The summed E-state index contributed by atoms with van der Waals surface area (Å²) in [5, 5.41) is 0. The molecule has 21 heavy (non-hydrogen) atoms. The Morgan fingerprint density at radius 1 is 1.33 bits per heavy atom. The first kappa shape index (κ1) is 16.0. The molecule has 0 aromatic heterocycles. The van der Waals surface area contributed by atoms with Crippen molar-refractivity contribution in [1.29, 1.82) is 0 Å². The zero-order valence-electron chi connectivity index (χ0n) is 12.3. The minimum atomic E-state index is -3.23. The van der Waals surface area contributed by atoms with Crippen molar-refractivity contribution in [2.75, 3.05) is 18.8 Å². The number of amides is 1. The average molecular weight is 310 g/mol. The van der Waals surface area contributed by atoms with Crippen LogP contribution in [0.5, 0.6) is 0 Å². The lowest BCUT2D eigenvalue weighted by Gasteiger charge is -2.33. The maximum absolute atomic E-state index is 12.4. The van der Waals surface area contributed by atoms with Gasteiger partial charge in [-0.2, -0.15) is 0 Å². The zero-order valence-corrected chi connectivity index (χ0v) is 13.1. The summed E-state index contributed by atoms with van der Waals surface area (Å²) in [7, 11) is -3.23. The minimum absolute atomic E-state index is 0.0324. The second kappa shape index (κ2) is 7.04. The predicted octanol–water partition coefficient (Wildman–Crippen LogP) is 1.62. The number of carbonyl (C=O) groups is 1. The smallest absolute Gasteiger partial charge is 0.253 e. The van der Waals surface area contributed by atoms with Crippen LogP contribution in [0.1, 0.15) is 36.5 Å². The Kier molecular flexibility index (Phi) is 5.36. The van der Waals surface area contributed by atoms with Gasteiger partial charge < -0.3 is 4.90 Å². The van der Waals surface area contributed by atoms with E-state index in [4.69, 9.17) is 0 Å². The van der Waals surface area contributed by atoms with Gasteiger partial charge in [0.25, 0.3) is 5.91 Å². The van der Waals surface area contributed by atoms with Crippen LogP contribution in [0.2, 0.25) is 0 Å². The molecule has 116 valence electrons. The molecule has 1 aromatic rings. The van der Waals surface area contributed by atoms with Crippen LogP contribution in [-0.2, 0) is 10.0 Å². The van der Waals surface area contributed by atoms with Crippen LogP contribution in [0.15, 0.2) is 30.3 Å². The Hall–Kier alpha value is -1.40. The van der Waals surface area contributed by atoms with Gasteiger partial charge in [-0.15, -0.1) is 0 Å². The van der Waals surface area contributed by atoms with Crippen molar-refractivity contribution in [2.45, 2.75) is 32.2 Å². The van der Waals surface area contributed by atoms with Crippen LogP contribution >= 0.6 is 0 Å². The number of likely N-dealkylation sites (tertiary alicyclic amines) is 1. The van der Waals surface area contributed by atoms with Crippen LogP contribution in [0.25, 0.3) is 0 Å². The summed E-state index contributed by atoms with van der Waals surface area (Å²) in [4.78, 5) is 14.1. The van der Waals surface area contributed by atoms with Crippen molar-refractivity contribution in [1.82, 2.24) is 9.62 Å². The Bertz CT molecular complexity index is 572. The number of benzene rings is 1. The van der Waals surface area contributed by atoms with Gasteiger partial charge in [0.05, 0.1) is 5.75 Å². The van der Waals surface area contributed by atoms with Gasteiger partial charge in [-0.1, -0.05) is 25.1 Å². The molecule has 1 heterocycles. The lowest BCUT2D eigenvalue weighted by Crippen LogP contribution is -2.49. The number of sulfonamides is 1. The van der Waals surface area contributed by atoms with Crippen LogP contribution in [-0.4, -0.2) is 44.1 Å². The summed E-state index contributed by atoms with van der Waals surface area (Å²) in [5.41, 5.74) is 0.648. The molecule has 1 fully saturated rings. The molecule has 0 unspecified atom stereocenters. The first-order chi connectivity index (χ1) is 10.0. The normalized spacial score (nSPS) is 19.5. The van der Waals surface area contributed by atoms with Gasteiger partial charge in [0, 0.05) is 24.7 Å². The van der Waals surface area contributed by atoms with E-state index in [1.54, 1.807) is 17.0 Å². The molecule has 1 aromatic carbocycles. The van der Waals surface area contributed by atoms with Crippen molar-refractivity contribution >= 4 is 15.9 Å². The van der Waals surface area contributed by atoms with Gasteiger partial charge in [0.1, 0.15) is 0 Å². The average Bonchev–Trinajstić information content (AvgIpc) is 2.47. The Morgan fingerprint density at radius 3 is 2.71 bits per heavy atom. The second-order valence-electron chi connectivity index (χ2n) is 5.39. The molecule has 0 saturated carbocycles. The quantitative estimate of drug-likeness (QED) is 0.898. The van der Waals surface area contributed by atoms with Gasteiger partial charge >= 0.3 is 0 Å². The summed E-state index contributed by atoms with van der Waals surface area (Å²) in [6.45, 7) is 2.96. The van der Waals surface area contributed by atoms with E-state index in [9.17, 15) is 13.2 Å². The fourth-order valence-corrected chi connectivity index (χ4v) is 3.96. The lowest BCUT2D eigenvalue weighted by molar-refractivity contribution is 0.0703. The molecule has 6 heteroatoms. The fourth-order valence-electron chi connectivity index (χ4n) is 2.60. The van der Waals surface area contributed by atoms with Gasteiger partial charge in [0.15, 0.2) is 0 Å². The number of hydrogen-bond donors (Lipinski definition) is 1. The summed E-state index contributed by atoms with van der Waals surface area (Å²) >= 11 is 0. The molecule has 0 radical (unpaired) electrons. The number of carbonyl (C=O) groups excluding carboxylic acids is 1. The fraction of sp³-hybridized carbons (Fsp3) is 0.533. The molecule has 5 nitrogen and oxygen atoms in total. The first-order valence-corrected chi connectivity index (χ1v) is 9.01. The van der Waals surface area contributed by atoms with E-state index in [2.05, 4.69) is 4.72 Å². The third kappa shape index (κ3) is 4.54. The molecule has 1 aliphatic heterocycles. The van der Waals surface area contributed by atoms with E-state index in [0.717, 1.165) is 12.8 Å². The molecule has 2 rings (SSSR count). The summed E-state index contributed by atoms with van der Waals surface area (Å²) in [6, 6.07) is 8.93. The van der Waals surface area contributed by atoms with Crippen LogP contribution in [0.3, 0.4) is 0 Å². The van der Waals surface area contributed by atoms with Gasteiger partial charge in [-0.25, -0.2) is 13.1 Å². The number of hydrogen-bond acceptors (Lipinski definition) is 3. The van der Waals surface area contributed by atoms with Crippen molar-refractivity contribution in [3.05, 3.63) is 35.9 Å². The molecular weight excluding hydrogens is 288 g/mol. The zero-order chi connectivity index (χ0) is 15.3. The van der Waals surface area contributed by atoms with E-state index in [0.29, 0.717) is 25.1 Å². The monoisotopic (exact) mass is 310 g/mol. The molecule has 0 aliphatic carbocycles. The minimum Gasteiger partial charge on any atom is -0.337 e. The van der Waals surface area contributed by atoms with E-state index in [1.807, 2.05) is 25.1 Å². The Balaban J connectivity index is 1.99. The lowest BCUT2D eigenvalue weighted by atomic mass is 10.1. The van der Waals surface area contributed by atoms with Crippen LogP contribution in [0, 0.1) is 0 Å². The molecule has 1 atom stereocenters. The van der Waals surface area contributed by atoms with Crippen molar-refractivity contribution in [3.63, 3.8) is 0 Å². The highest BCUT2D eigenvalue weighted by Gasteiger charge is 2.26. The summed E-state index contributed by atoms with van der Waals surface area (Å²) in [6.07, 6.45) is 2.19. The number of rotatable bonds is 5. The molecule has 1 aliphatic rings. The number of nitrogens with zero attached hydrogens (tertiary/aromatic N) is 1. The van der Waals surface area contributed by atoms with Crippen LogP contribution in [0.4, 0.5) is 0 Å². The SMILES string of the molecule is CCCS(=O)(=O)N[C@@H]1CCCN(C(=O)c2ccccc2)C1. The van der Waals surface area contributed by atoms with Crippen LogP contribution < -0.4 is 4.72 Å². The standard InChI is InChI=1S/C15H22N2O3S/c1-2-11-21(19,20)16-14-9-6-10-17(12-14)15(18)13-7-4-3-5-8-13/h3-5,7-8,14,16H,2,6,9-12H2,1H3/t14-/m1/s1. The highest BCUT2D eigenvalue weighted by Crippen LogP contribution is 2.14. The first-order valence-electron chi connectivity index (χ1n) is 7.36.